The number of aromatic nitrogens is 2. The Labute approximate surface area is 225 Å². The van der Waals surface area contributed by atoms with Gasteiger partial charge in [0.2, 0.25) is 10.0 Å². The maximum atomic E-state index is 14.5. The smallest absolute Gasteiger partial charge is 0.246 e. The minimum Gasteiger partial charge on any atom is -0.271 e. The fraction of sp³-hybridized carbons (Fsp3) is 0.536. The third kappa shape index (κ3) is 5.12. The van der Waals surface area contributed by atoms with Crippen molar-refractivity contribution >= 4 is 15.7 Å². The second kappa shape index (κ2) is 10.8. The number of rotatable bonds is 9. The number of allylic oxidation sites excluding steroid dienone is 2. The summed E-state index contributed by atoms with van der Waals surface area (Å²) < 4.78 is 59.7. The average Bonchev–Trinajstić information content (AvgIpc) is 3.21. The van der Waals surface area contributed by atoms with E-state index < -0.39 is 27.1 Å². The third-order valence-electron chi connectivity index (χ3n) is 8.53. The second-order valence-corrected chi connectivity index (χ2v) is 12.8. The monoisotopic (exact) mass is 547 g/mol. The Balaban J connectivity index is 1.95. The Kier molecular flexibility index (Phi) is 8.48. The first-order chi connectivity index (χ1) is 17.6. The molecule has 0 aliphatic heterocycles. The van der Waals surface area contributed by atoms with Crippen LogP contribution in [0, 0.1) is 42.2 Å². The fourth-order valence-corrected chi connectivity index (χ4v) is 7.76. The van der Waals surface area contributed by atoms with Crippen molar-refractivity contribution in [2.24, 2.45) is 34.0 Å². The zero-order chi connectivity index (χ0) is 28.6. The van der Waals surface area contributed by atoms with Crippen LogP contribution in [0.2, 0.25) is 0 Å². The van der Waals surface area contributed by atoms with Crippen molar-refractivity contribution in [3.05, 3.63) is 65.0 Å². The van der Waals surface area contributed by atoms with Crippen molar-refractivity contribution in [2.45, 2.75) is 59.3 Å². The molecule has 38 heavy (non-hydrogen) atoms. The summed E-state index contributed by atoms with van der Waals surface area (Å²) in [5, 5.41) is 12.1. The van der Waals surface area contributed by atoms with Crippen LogP contribution in [0.25, 0.3) is 5.70 Å². The van der Waals surface area contributed by atoms with Crippen molar-refractivity contribution in [1.29, 1.82) is 0 Å². The Hall–Kier alpha value is -2.72. The normalized spacial score (nSPS) is 22.1. The van der Waals surface area contributed by atoms with Gasteiger partial charge < -0.3 is 0 Å². The molecule has 2 aromatic rings. The number of nitrogens with zero attached hydrogens (tertiary/aromatic N) is 5. The number of hydrogen-bond donors (Lipinski definition) is 0. The molecule has 3 rings (SSSR count). The second-order valence-electron chi connectivity index (χ2n) is 10.9. The summed E-state index contributed by atoms with van der Waals surface area (Å²) >= 11 is 0. The Morgan fingerprint density at radius 1 is 1.26 bits per heavy atom. The van der Waals surface area contributed by atoms with Crippen molar-refractivity contribution in [3.63, 3.8) is 0 Å². The number of halogens is 2. The standard InChI is InChI=1S/C28H39F2N5O2S/c1-10-35(38(36,37)26-19(3)33-34(9)20(26)4)17-28(7)15-14-21(27(28,5)6)18(2)16-24(32-31-8)25-22(29)12-11-13-23(25)30/h11-13,16,21H,2,10,14-15,17H2,1,3-9H3/b24-16-,32-31?. The van der Waals surface area contributed by atoms with Crippen molar-refractivity contribution in [1.82, 2.24) is 14.1 Å². The van der Waals surface area contributed by atoms with Gasteiger partial charge in [-0.3, -0.25) is 4.68 Å². The molecule has 0 saturated heterocycles. The molecular weight excluding hydrogens is 508 g/mol. The summed E-state index contributed by atoms with van der Waals surface area (Å²) in [7, 11) is -0.592. The first-order valence-electron chi connectivity index (χ1n) is 12.8. The van der Waals surface area contributed by atoms with Gasteiger partial charge in [-0.25, -0.2) is 17.2 Å². The molecule has 2 atom stereocenters. The van der Waals surface area contributed by atoms with Crippen molar-refractivity contribution in [2.75, 3.05) is 20.1 Å². The number of aryl methyl sites for hydroxylation is 2. The van der Waals surface area contributed by atoms with Gasteiger partial charge in [-0.05, 0) is 67.2 Å². The van der Waals surface area contributed by atoms with Gasteiger partial charge in [-0.15, -0.1) is 0 Å². The highest BCUT2D eigenvalue weighted by atomic mass is 32.2. The molecule has 2 unspecified atom stereocenters. The largest absolute Gasteiger partial charge is 0.271 e. The molecule has 1 aromatic carbocycles. The molecule has 0 bridgehead atoms. The van der Waals surface area contributed by atoms with Crippen LogP contribution in [0.1, 0.15) is 57.5 Å². The van der Waals surface area contributed by atoms with E-state index in [1.165, 1.54) is 29.6 Å². The molecule has 0 radical (unpaired) electrons. The van der Waals surface area contributed by atoms with Crippen LogP contribution in [-0.2, 0) is 17.1 Å². The third-order valence-corrected chi connectivity index (χ3v) is 10.7. The molecule has 10 heteroatoms. The van der Waals surface area contributed by atoms with E-state index >= 15 is 0 Å². The van der Waals surface area contributed by atoms with E-state index in [4.69, 9.17) is 0 Å². The molecule has 1 fully saturated rings. The topological polar surface area (TPSA) is 79.9 Å². The van der Waals surface area contributed by atoms with Gasteiger partial charge in [-0.2, -0.15) is 19.6 Å². The Bertz CT molecular complexity index is 1370. The van der Waals surface area contributed by atoms with Gasteiger partial charge in [0.25, 0.3) is 0 Å². The van der Waals surface area contributed by atoms with Gasteiger partial charge in [0, 0.05) is 27.2 Å². The lowest BCUT2D eigenvalue weighted by Gasteiger charge is -2.44. The quantitative estimate of drug-likeness (QED) is 0.267. The summed E-state index contributed by atoms with van der Waals surface area (Å²) in [6.45, 7) is 16.5. The molecule has 0 spiro atoms. The molecule has 1 aliphatic rings. The van der Waals surface area contributed by atoms with E-state index in [1.54, 1.807) is 31.7 Å². The van der Waals surface area contributed by atoms with Gasteiger partial charge in [0.15, 0.2) is 0 Å². The number of sulfonamides is 1. The Morgan fingerprint density at radius 2 is 1.87 bits per heavy atom. The maximum absolute atomic E-state index is 14.5. The van der Waals surface area contributed by atoms with Crippen molar-refractivity contribution in [3.8, 4) is 0 Å². The van der Waals surface area contributed by atoms with E-state index in [2.05, 4.69) is 42.7 Å². The summed E-state index contributed by atoms with van der Waals surface area (Å²) in [6.07, 6.45) is 3.11. The van der Waals surface area contributed by atoms with Crippen LogP contribution in [0.5, 0.6) is 0 Å². The molecule has 0 amide bonds. The van der Waals surface area contributed by atoms with Crippen LogP contribution < -0.4 is 0 Å². The highest BCUT2D eigenvalue weighted by molar-refractivity contribution is 7.89. The molecule has 1 saturated carbocycles. The molecule has 1 heterocycles. The lowest BCUT2D eigenvalue weighted by molar-refractivity contribution is 0.0803. The molecule has 208 valence electrons. The highest BCUT2D eigenvalue weighted by Crippen LogP contribution is 2.58. The number of benzene rings is 1. The van der Waals surface area contributed by atoms with Gasteiger partial charge in [0.05, 0.1) is 22.6 Å². The maximum Gasteiger partial charge on any atom is 0.246 e. The zero-order valence-electron chi connectivity index (χ0n) is 23.6. The molecule has 7 nitrogen and oxygen atoms in total. The van der Waals surface area contributed by atoms with E-state index in [0.717, 1.165) is 12.8 Å². The average molecular weight is 548 g/mol. The van der Waals surface area contributed by atoms with Gasteiger partial charge in [0.1, 0.15) is 16.5 Å². The Morgan fingerprint density at radius 3 is 2.37 bits per heavy atom. The lowest BCUT2D eigenvalue weighted by Crippen LogP contribution is -2.46. The van der Waals surface area contributed by atoms with Gasteiger partial charge >= 0.3 is 0 Å². The molecule has 1 aromatic heterocycles. The van der Waals surface area contributed by atoms with Crippen LogP contribution >= 0.6 is 0 Å². The van der Waals surface area contributed by atoms with Crippen molar-refractivity contribution < 1.29 is 17.2 Å². The van der Waals surface area contributed by atoms with Crippen LogP contribution in [0.4, 0.5) is 8.78 Å². The minimum atomic E-state index is -3.77. The SMILES string of the molecule is C=C(/C=C(\N=NC)c1c(F)cccc1F)C1CCC(C)(CN(CC)S(=O)(=O)c2c(C)nn(C)c2C)C1(C)C. The highest BCUT2D eigenvalue weighted by Gasteiger charge is 2.53. The van der Waals surface area contributed by atoms with Crippen LogP contribution in [0.3, 0.4) is 0 Å². The number of azo groups is 1. The molecule has 1 aliphatic carbocycles. The zero-order valence-corrected chi connectivity index (χ0v) is 24.5. The lowest BCUT2D eigenvalue weighted by atomic mass is 9.64. The first-order valence-corrected chi connectivity index (χ1v) is 14.2. The number of hydrogen-bond acceptors (Lipinski definition) is 5. The van der Waals surface area contributed by atoms with Crippen LogP contribution in [0.15, 0.2) is 51.6 Å². The predicted molar refractivity (Wildman–Crippen MR) is 146 cm³/mol. The summed E-state index contributed by atoms with van der Waals surface area (Å²) in [4.78, 5) is 0.256. The van der Waals surface area contributed by atoms with E-state index in [9.17, 15) is 17.2 Å². The van der Waals surface area contributed by atoms with E-state index in [-0.39, 0.29) is 27.5 Å². The molecular formula is C28H39F2N5O2S. The van der Waals surface area contributed by atoms with E-state index in [0.29, 0.717) is 30.1 Å². The van der Waals surface area contributed by atoms with E-state index in [1.807, 2.05) is 6.92 Å². The fourth-order valence-electron chi connectivity index (χ4n) is 5.79. The first kappa shape index (κ1) is 29.8. The summed E-state index contributed by atoms with van der Waals surface area (Å²) in [6, 6.07) is 3.67. The summed E-state index contributed by atoms with van der Waals surface area (Å²) in [5.41, 5.74) is 0.803. The predicted octanol–water partition coefficient (Wildman–Crippen LogP) is 6.45. The summed E-state index contributed by atoms with van der Waals surface area (Å²) in [5.74, 6) is -1.51. The van der Waals surface area contributed by atoms with Gasteiger partial charge in [-0.1, -0.05) is 40.3 Å². The minimum absolute atomic E-state index is 0.0623. The van der Waals surface area contributed by atoms with Crippen LogP contribution in [-0.4, -0.2) is 42.6 Å². The molecule has 0 N–H and O–H groups in total.